The molecule has 7 heteroatoms. The number of hydrogen-bond donors (Lipinski definition) is 1. The molecule has 6 nitrogen and oxygen atoms in total. The lowest BCUT2D eigenvalue weighted by molar-refractivity contribution is -0.118. The summed E-state index contributed by atoms with van der Waals surface area (Å²) < 4.78 is 1.72. The first-order chi connectivity index (χ1) is 11.5. The van der Waals surface area contributed by atoms with E-state index in [1.807, 2.05) is 13.8 Å². The zero-order chi connectivity index (χ0) is 17.5. The summed E-state index contributed by atoms with van der Waals surface area (Å²) in [7, 11) is 0. The summed E-state index contributed by atoms with van der Waals surface area (Å²) in [5, 5.41) is 15.1. The van der Waals surface area contributed by atoms with Crippen molar-refractivity contribution in [3.05, 3.63) is 35.4 Å². The molecule has 2 rings (SSSR count). The lowest BCUT2D eigenvalue weighted by Gasteiger charge is -2.09. The number of nitrogens with zero attached hydrogens (tertiary/aromatic N) is 4. The molecule has 0 spiro atoms. The van der Waals surface area contributed by atoms with Crippen LogP contribution in [-0.2, 0) is 11.2 Å². The molecule has 0 bridgehead atoms. The summed E-state index contributed by atoms with van der Waals surface area (Å²) in [5.74, 6) is 0.856. The topological polar surface area (TPSA) is 72.7 Å². The van der Waals surface area contributed by atoms with Gasteiger partial charge in [0.2, 0.25) is 11.1 Å². The second-order valence-corrected chi connectivity index (χ2v) is 7.23. The molecule has 1 amide bonds. The van der Waals surface area contributed by atoms with Crippen LogP contribution in [0.25, 0.3) is 0 Å². The maximum absolute atomic E-state index is 11.9. The summed E-state index contributed by atoms with van der Waals surface area (Å²) in [6.45, 7) is 9.01. The highest BCUT2D eigenvalue weighted by Crippen LogP contribution is 2.17. The molecule has 0 aliphatic carbocycles. The van der Waals surface area contributed by atoms with Crippen LogP contribution < -0.4 is 5.32 Å². The van der Waals surface area contributed by atoms with Gasteiger partial charge in [-0.05, 0) is 47.7 Å². The first-order valence-electron chi connectivity index (χ1n) is 8.23. The van der Waals surface area contributed by atoms with E-state index in [1.165, 1.54) is 22.9 Å². The van der Waals surface area contributed by atoms with Crippen molar-refractivity contribution in [2.24, 2.45) is 0 Å². The average Bonchev–Trinajstić information content (AvgIpc) is 3.02. The Morgan fingerprint density at radius 2 is 1.92 bits per heavy atom. The first-order valence-corrected chi connectivity index (χ1v) is 9.22. The Balaban J connectivity index is 1.72. The quantitative estimate of drug-likeness (QED) is 0.743. The van der Waals surface area contributed by atoms with E-state index >= 15 is 0 Å². The molecule has 0 saturated heterocycles. The minimum absolute atomic E-state index is 0.00268. The Labute approximate surface area is 147 Å². The zero-order valence-electron chi connectivity index (χ0n) is 14.7. The van der Waals surface area contributed by atoms with Crippen LogP contribution in [0.4, 0.5) is 0 Å². The molecule has 1 aromatic carbocycles. The second kappa shape index (κ2) is 8.82. The van der Waals surface area contributed by atoms with E-state index in [1.54, 1.807) is 4.68 Å². The molecule has 1 aromatic heterocycles. The van der Waals surface area contributed by atoms with Gasteiger partial charge in [-0.1, -0.05) is 49.9 Å². The van der Waals surface area contributed by atoms with Gasteiger partial charge in [-0.15, -0.1) is 5.10 Å². The summed E-state index contributed by atoms with van der Waals surface area (Å²) in [6, 6.07) is 8.76. The van der Waals surface area contributed by atoms with Crippen LogP contribution in [0.15, 0.2) is 29.4 Å². The van der Waals surface area contributed by atoms with Crippen LogP contribution in [0, 0.1) is 0 Å². The molecule has 2 aromatic rings. The fourth-order valence-electron chi connectivity index (χ4n) is 2.20. The van der Waals surface area contributed by atoms with Crippen LogP contribution in [-0.4, -0.2) is 38.4 Å². The lowest BCUT2D eigenvalue weighted by atomic mass is 10.0. The van der Waals surface area contributed by atoms with Crippen molar-refractivity contribution in [3.63, 3.8) is 0 Å². The van der Waals surface area contributed by atoms with E-state index in [2.05, 4.69) is 59.0 Å². The third-order valence-corrected chi connectivity index (χ3v) is 4.60. The van der Waals surface area contributed by atoms with Crippen molar-refractivity contribution < 1.29 is 4.79 Å². The fraction of sp³-hybridized carbons (Fsp3) is 0.529. The molecule has 0 unspecified atom stereocenters. The minimum atomic E-state index is -0.00268. The normalized spacial score (nSPS) is 11.2. The largest absolute Gasteiger partial charge is 0.355 e. The third kappa shape index (κ3) is 5.33. The molecular weight excluding hydrogens is 322 g/mol. The summed E-state index contributed by atoms with van der Waals surface area (Å²) >= 11 is 1.36. The Bertz CT molecular complexity index is 651. The van der Waals surface area contributed by atoms with Gasteiger partial charge >= 0.3 is 0 Å². The monoisotopic (exact) mass is 347 g/mol. The van der Waals surface area contributed by atoms with E-state index < -0.39 is 0 Å². The molecule has 1 N–H and O–H groups in total. The number of nitrogens with one attached hydrogen (secondary N) is 1. The van der Waals surface area contributed by atoms with Gasteiger partial charge in [0.25, 0.3) is 0 Å². The highest BCUT2D eigenvalue weighted by Gasteiger charge is 2.11. The number of carbonyl (C=O) groups is 1. The van der Waals surface area contributed by atoms with Gasteiger partial charge in [0.05, 0.1) is 11.8 Å². The number of benzene rings is 1. The lowest BCUT2D eigenvalue weighted by Crippen LogP contribution is -2.27. The zero-order valence-corrected chi connectivity index (χ0v) is 15.5. The number of thioether (sulfide) groups is 1. The Kier molecular flexibility index (Phi) is 6.78. The van der Waals surface area contributed by atoms with Crippen LogP contribution in [0.2, 0.25) is 0 Å². The highest BCUT2D eigenvalue weighted by molar-refractivity contribution is 7.99. The predicted octanol–water partition coefficient (Wildman–Crippen LogP) is 2.83. The Morgan fingerprint density at radius 1 is 1.21 bits per heavy atom. The van der Waals surface area contributed by atoms with Crippen LogP contribution in [0.5, 0.6) is 0 Å². The molecule has 24 heavy (non-hydrogen) atoms. The number of hydrogen-bond acceptors (Lipinski definition) is 5. The van der Waals surface area contributed by atoms with Crippen LogP contribution in [0.1, 0.15) is 50.8 Å². The van der Waals surface area contributed by atoms with E-state index in [9.17, 15) is 4.79 Å². The second-order valence-electron chi connectivity index (χ2n) is 6.28. The van der Waals surface area contributed by atoms with Crippen molar-refractivity contribution in [1.29, 1.82) is 0 Å². The van der Waals surface area contributed by atoms with E-state index in [0.29, 0.717) is 23.4 Å². The number of tetrazole rings is 1. The van der Waals surface area contributed by atoms with Gasteiger partial charge in [0.1, 0.15) is 0 Å². The SMILES string of the molecule is CC(C)c1ccc(CCNC(=O)CSc2nnnn2C(C)C)cc1. The molecule has 0 atom stereocenters. The Hall–Kier alpha value is -1.89. The highest BCUT2D eigenvalue weighted by atomic mass is 32.2. The number of carbonyl (C=O) groups excluding carboxylic acids is 1. The third-order valence-electron chi connectivity index (χ3n) is 3.67. The maximum atomic E-state index is 11.9. The van der Waals surface area contributed by atoms with Gasteiger partial charge in [-0.2, -0.15) is 0 Å². The van der Waals surface area contributed by atoms with E-state index in [0.717, 1.165) is 6.42 Å². The van der Waals surface area contributed by atoms with Crippen molar-refractivity contribution in [2.45, 2.75) is 51.2 Å². The standard InChI is InChI=1S/C17H25N5OS/c1-12(2)15-7-5-14(6-8-15)9-10-18-16(23)11-24-17-19-20-21-22(17)13(3)4/h5-8,12-13H,9-11H2,1-4H3,(H,18,23). The summed E-state index contributed by atoms with van der Waals surface area (Å²) in [6.07, 6.45) is 0.832. The van der Waals surface area contributed by atoms with Gasteiger partial charge in [-0.3, -0.25) is 4.79 Å². The number of amides is 1. The number of aromatic nitrogens is 4. The maximum Gasteiger partial charge on any atom is 0.230 e. The van der Waals surface area contributed by atoms with E-state index in [4.69, 9.17) is 0 Å². The summed E-state index contributed by atoms with van der Waals surface area (Å²) in [5.41, 5.74) is 2.57. The fourth-order valence-corrected chi connectivity index (χ4v) is 3.04. The molecule has 0 aliphatic rings. The van der Waals surface area contributed by atoms with Gasteiger partial charge in [-0.25, -0.2) is 4.68 Å². The molecule has 130 valence electrons. The minimum Gasteiger partial charge on any atom is -0.355 e. The molecule has 0 radical (unpaired) electrons. The number of rotatable bonds is 8. The predicted molar refractivity (Wildman–Crippen MR) is 96.2 cm³/mol. The molecule has 0 aliphatic heterocycles. The smallest absolute Gasteiger partial charge is 0.230 e. The van der Waals surface area contributed by atoms with Crippen molar-refractivity contribution in [2.75, 3.05) is 12.3 Å². The van der Waals surface area contributed by atoms with Crippen molar-refractivity contribution >= 4 is 17.7 Å². The van der Waals surface area contributed by atoms with Crippen molar-refractivity contribution in [1.82, 2.24) is 25.5 Å². The first kappa shape index (κ1) is 18.4. The molecular formula is C17H25N5OS. The summed E-state index contributed by atoms with van der Waals surface area (Å²) in [4.78, 5) is 11.9. The molecule has 1 heterocycles. The van der Waals surface area contributed by atoms with Gasteiger partial charge < -0.3 is 5.32 Å². The molecule has 0 fully saturated rings. The van der Waals surface area contributed by atoms with Crippen LogP contribution >= 0.6 is 11.8 Å². The van der Waals surface area contributed by atoms with Gasteiger partial charge in [0.15, 0.2) is 0 Å². The van der Waals surface area contributed by atoms with Gasteiger partial charge in [0, 0.05) is 6.54 Å². The Morgan fingerprint density at radius 3 is 2.54 bits per heavy atom. The van der Waals surface area contributed by atoms with Crippen LogP contribution in [0.3, 0.4) is 0 Å². The van der Waals surface area contributed by atoms with E-state index in [-0.39, 0.29) is 11.9 Å². The van der Waals surface area contributed by atoms with Crippen molar-refractivity contribution in [3.8, 4) is 0 Å². The average molecular weight is 347 g/mol. The molecule has 0 saturated carbocycles.